The standard InChI is InChI=1S/C21H29NO4S/c1-2-16(19-9-10-20(27-19)21(24)25)7-5-15-6-8-18(17(13-15)14-22)26-12-4-3-11-23/h6,8-10,13,16,23H,2-5,7,11-12,14,22H2,1H3,(H,24,25). The quantitative estimate of drug-likeness (QED) is 0.472. The molecular weight excluding hydrogens is 362 g/mol. The first-order chi connectivity index (χ1) is 13.1. The van der Waals surface area contributed by atoms with Gasteiger partial charge in [0.05, 0.1) is 6.61 Å². The molecule has 1 atom stereocenters. The number of unbranched alkanes of at least 4 members (excludes halogenated alkanes) is 1. The van der Waals surface area contributed by atoms with Crippen LogP contribution >= 0.6 is 11.3 Å². The molecule has 5 nitrogen and oxygen atoms in total. The number of aryl methyl sites for hydroxylation is 1. The molecule has 0 fully saturated rings. The van der Waals surface area contributed by atoms with Crippen LogP contribution in [0.1, 0.15) is 64.2 Å². The van der Waals surface area contributed by atoms with Gasteiger partial charge in [-0.1, -0.05) is 19.1 Å². The molecule has 148 valence electrons. The molecule has 0 spiro atoms. The number of nitrogens with two attached hydrogens (primary N) is 1. The van der Waals surface area contributed by atoms with Crippen molar-refractivity contribution < 1.29 is 19.7 Å². The minimum atomic E-state index is -0.858. The van der Waals surface area contributed by atoms with Crippen LogP contribution in [0.4, 0.5) is 0 Å². The predicted octanol–water partition coefficient (Wildman–Crippen LogP) is 4.18. The number of aliphatic hydroxyl groups is 1. The summed E-state index contributed by atoms with van der Waals surface area (Å²) in [4.78, 5) is 12.6. The van der Waals surface area contributed by atoms with Gasteiger partial charge >= 0.3 is 5.97 Å². The fourth-order valence-electron chi connectivity index (χ4n) is 3.06. The van der Waals surface area contributed by atoms with Crippen LogP contribution in [0.2, 0.25) is 0 Å². The van der Waals surface area contributed by atoms with E-state index in [0.717, 1.165) is 48.3 Å². The van der Waals surface area contributed by atoms with E-state index in [4.69, 9.17) is 20.7 Å². The Kier molecular flexibility index (Phi) is 8.78. The largest absolute Gasteiger partial charge is 0.493 e. The van der Waals surface area contributed by atoms with E-state index in [0.29, 0.717) is 23.9 Å². The molecule has 2 aromatic rings. The summed E-state index contributed by atoms with van der Waals surface area (Å²) in [7, 11) is 0. The number of aromatic carboxylic acids is 1. The molecular formula is C21H29NO4S. The molecule has 0 amide bonds. The Bertz CT molecular complexity index is 729. The van der Waals surface area contributed by atoms with Crippen molar-refractivity contribution in [1.29, 1.82) is 0 Å². The summed E-state index contributed by atoms with van der Waals surface area (Å²) in [6.07, 6.45) is 4.42. The zero-order valence-corrected chi connectivity index (χ0v) is 16.6. The summed E-state index contributed by atoms with van der Waals surface area (Å²) in [6, 6.07) is 9.79. The van der Waals surface area contributed by atoms with E-state index in [2.05, 4.69) is 19.1 Å². The van der Waals surface area contributed by atoms with Crippen LogP contribution in [-0.4, -0.2) is 29.4 Å². The molecule has 4 N–H and O–H groups in total. The Balaban J connectivity index is 1.97. The molecule has 1 unspecified atom stereocenters. The number of ether oxygens (including phenoxy) is 1. The highest BCUT2D eigenvalue weighted by atomic mass is 32.1. The molecule has 0 saturated carbocycles. The van der Waals surface area contributed by atoms with E-state index < -0.39 is 5.97 Å². The lowest BCUT2D eigenvalue weighted by Gasteiger charge is -2.15. The predicted molar refractivity (Wildman–Crippen MR) is 109 cm³/mol. The van der Waals surface area contributed by atoms with Crippen molar-refractivity contribution in [2.45, 2.75) is 51.5 Å². The molecule has 0 aliphatic carbocycles. The Hall–Kier alpha value is -1.89. The Morgan fingerprint density at radius 1 is 1.26 bits per heavy atom. The van der Waals surface area contributed by atoms with Crippen LogP contribution in [0, 0.1) is 0 Å². The number of carbonyl (C=O) groups is 1. The number of benzene rings is 1. The van der Waals surface area contributed by atoms with E-state index in [1.165, 1.54) is 16.9 Å². The van der Waals surface area contributed by atoms with Crippen LogP contribution in [0.5, 0.6) is 5.75 Å². The normalized spacial score (nSPS) is 12.1. The number of hydrogen-bond donors (Lipinski definition) is 3. The average molecular weight is 392 g/mol. The van der Waals surface area contributed by atoms with Crippen LogP contribution in [0.15, 0.2) is 30.3 Å². The highest BCUT2D eigenvalue weighted by molar-refractivity contribution is 7.14. The van der Waals surface area contributed by atoms with Crippen molar-refractivity contribution in [2.24, 2.45) is 5.73 Å². The van der Waals surface area contributed by atoms with E-state index in [9.17, 15) is 4.79 Å². The first kappa shape index (κ1) is 21.4. The third kappa shape index (κ3) is 6.34. The molecule has 6 heteroatoms. The van der Waals surface area contributed by atoms with Gasteiger partial charge in [-0.2, -0.15) is 0 Å². The maximum atomic E-state index is 11.1. The smallest absolute Gasteiger partial charge is 0.345 e. The van der Waals surface area contributed by atoms with Gasteiger partial charge in [-0.3, -0.25) is 0 Å². The van der Waals surface area contributed by atoms with Crippen molar-refractivity contribution in [2.75, 3.05) is 13.2 Å². The third-order valence-electron chi connectivity index (χ3n) is 4.67. The second kappa shape index (κ2) is 11.1. The van der Waals surface area contributed by atoms with E-state index in [1.54, 1.807) is 6.07 Å². The fourth-order valence-corrected chi connectivity index (χ4v) is 4.12. The Morgan fingerprint density at radius 2 is 2.07 bits per heavy atom. The van der Waals surface area contributed by atoms with Gasteiger partial charge in [0.25, 0.3) is 0 Å². The van der Waals surface area contributed by atoms with Crippen molar-refractivity contribution in [1.82, 2.24) is 0 Å². The summed E-state index contributed by atoms with van der Waals surface area (Å²) in [5, 5.41) is 17.9. The van der Waals surface area contributed by atoms with Gasteiger partial charge in [0.1, 0.15) is 10.6 Å². The minimum absolute atomic E-state index is 0.183. The summed E-state index contributed by atoms with van der Waals surface area (Å²) >= 11 is 1.37. The van der Waals surface area contributed by atoms with Gasteiger partial charge in [-0.05, 0) is 61.8 Å². The maximum Gasteiger partial charge on any atom is 0.345 e. The van der Waals surface area contributed by atoms with Crippen LogP contribution in [-0.2, 0) is 13.0 Å². The summed E-state index contributed by atoms with van der Waals surface area (Å²) in [5.41, 5.74) is 8.09. The van der Waals surface area contributed by atoms with Gasteiger partial charge in [0.15, 0.2) is 0 Å². The lowest BCUT2D eigenvalue weighted by Crippen LogP contribution is -2.05. The SMILES string of the molecule is CCC(CCc1ccc(OCCCCO)c(CN)c1)c1ccc(C(=O)O)s1. The zero-order valence-electron chi connectivity index (χ0n) is 15.8. The second-order valence-electron chi connectivity index (χ2n) is 6.58. The highest BCUT2D eigenvalue weighted by Gasteiger charge is 2.15. The molecule has 0 aliphatic heterocycles. The van der Waals surface area contributed by atoms with Crippen molar-refractivity contribution in [3.63, 3.8) is 0 Å². The van der Waals surface area contributed by atoms with Gasteiger partial charge in [-0.25, -0.2) is 4.79 Å². The number of rotatable bonds is 12. The molecule has 0 bridgehead atoms. The van der Waals surface area contributed by atoms with Crippen LogP contribution in [0.3, 0.4) is 0 Å². The lowest BCUT2D eigenvalue weighted by atomic mass is 9.95. The number of carboxylic acids is 1. The average Bonchev–Trinajstić information content (AvgIpc) is 3.16. The first-order valence-electron chi connectivity index (χ1n) is 9.47. The minimum Gasteiger partial charge on any atom is -0.493 e. The molecule has 0 aliphatic rings. The Morgan fingerprint density at radius 3 is 2.70 bits per heavy atom. The monoisotopic (exact) mass is 391 g/mol. The molecule has 0 saturated heterocycles. The van der Waals surface area contributed by atoms with Crippen LogP contribution < -0.4 is 10.5 Å². The van der Waals surface area contributed by atoms with Gasteiger partial charge < -0.3 is 20.7 Å². The molecule has 1 heterocycles. The maximum absolute atomic E-state index is 11.1. The van der Waals surface area contributed by atoms with E-state index in [-0.39, 0.29) is 6.61 Å². The van der Waals surface area contributed by atoms with Gasteiger partial charge in [-0.15, -0.1) is 11.3 Å². The fraction of sp³-hybridized carbons (Fsp3) is 0.476. The molecule has 1 aromatic heterocycles. The van der Waals surface area contributed by atoms with Gasteiger partial charge in [0.2, 0.25) is 0 Å². The molecule has 2 rings (SSSR count). The number of aliphatic hydroxyl groups excluding tert-OH is 1. The van der Waals surface area contributed by atoms with Gasteiger partial charge in [0, 0.05) is 23.6 Å². The lowest BCUT2D eigenvalue weighted by molar-refractivity contribution is 0.0702. The number of hydrogen-bond acceptors (Lipinski definition) is 5. The zero-order chi connectivity index (χ0) is 19.6. The van der Waals surface area contributed by atoms with Crippen molar-refractivity contribution >= 4 is 17.3 Å². The summed E-state index contributed by atoms with van der Waals surface area (Å²) in [5.74, 6) is 0.317. The van der Waals surface area contributed by atoms with Crippen molar-refractivity contribution in [3.05, 3.63) is 51.2 Å². The van der Waals surface area contributed by atoms with E-state index in [1.807, 2.05) is 12.1 Å². The van der Waals surface area contributed by atoms with Crippen LogP contribution in [0.25, 0.3) is 0 Å². The first-order valence-corrected chi connectivity index (χ1v) is 10.3. The third-order valence-corrected chi connectivity index (χ3v) is 5.90. The number of carboxylic acid groups (broad SMARTS) is 1. The second-order valence-corrected chi connectivity index (χ2v) is 7.69. The van der Waals surface area contributed by atoms with E-state index >= 15 is 0 Å². The molecule has 27 heavy (non-hydrogen) atoms. The highest BCUT2D eigenvalue weighted by Crippen LogP contribution is 2.31. The molecule has 0 radical (unpaired) electrons. The number of thiophene rings is 1. The Labute approximate surface area is 164 Å². The topological polar surface area (TPSA) is 92.8 Å². The molecule has 1 aromatic carbocycles. The summed E-state index contributed by atoms with van der Waals surface area (Å²) < 4.78 is 5.78. The van der Waals surface area contributed by atoms with Crippen molar-refractivity contribution in [3.8, 4) is 5.75 Å². The summed E-state index contributed by atoms with van der Waals surface area (Å²) in [6.45, 7) is 3.32.